The molecule has 0 aliphatic carbocycles. The van der Waals surface area contributed by atoms with Crippen LogP contribution < -0.4 is 5.32 Å². The number of aromatic nitrogens is 3. The van der Waals surface area contributed by atoms with Crippen LogP contribution in [0.1, 0.15) is 12.6 Å². The molecular formula is C11H12BrClN4. The third kappa shape index (κ3) is 2.98. The zero-order chi connectivity index (χ0) is 12.3. The molecule has 0 atom stereocenters. The molecular weight excluding hydrogens is 304 g/mol. The maximum absolute atomic E-state index is 5.83. The summed E-state index contributed by atoms with van der Waals surface area (Å²) < 4.78 is 2.87. The minimum Gasteiger partial charge on any atom is -0.378 e. The average molecular weight is 316 g/mol. The van der Waals surface area contributed by atoms with Gasteiger partial charge in [0.1, 0.15) is 5.15 Å². The van der Waals surface area contributed by atoms with Gasteiger partial charge >= 0.3 is 0 Å². The fourth-order valence-corrected chi connectivity index (χ4v) is 1.94. The molecule has 2 aromatic heterocycles. The van der Waals surface area contributed by atoms with E-state index < -0.39 is 0 Å². The van der Waals surface area contributed by atoms with Crippen LogP contribution in [-0.4, -0.2) is 14.5 Å². The Morgan fingerprint density at radius 2 is 2.29 bits per heavy atom. The molecule has 2 rings (SSSR count). The first-order valence-electron chi connectivity index (χ1n) is 5.24. The molecule has 2 aromatic rings. The monoisotopic (exact) mass is 314 g/mol. The third-order valence-electron chi connectivity index (χ3n) is 2.41. The van der Waals surface area contributed by atoms with E-state index in [9.17, 15) is 0 Å². The SMILES string of the molecule is CCn1cncc1CNc1cnc(Cl)c(Br)c1. The lowest BCUT2D eigenvalue weighted by Gasteiger charge is -2.08. The number of imidazole rings is 1. The van der Waals surface area contributed by atoms with Crippen molar-refractivity contribution in [2.75, 3.05) is 5.32 Å². The Morgan fingerprint density at radius 3 is 3.00 bits per heavy atom. The Balaban J connectivity index is 2.05. The second-order valence-corrected chi connectivity index (χ2v) is 4.73. The first-order valence-corrected chi connectivity index (χ1v) is 6.41. The van der Waals surface area contributed by atoms with E-state index in [1.165, 1.54) is 0 Å². The predicted octanol–water partition coefficient (Wildman–Crippen LogP) is 3.33. The Labute approximate surface area is 113 Å². The Bertz CT molecular complexity index is 512. The normalized spacial score (nSPS) is 10.5. The van der Waals surface area contributed by atoms with E-state index >= 15 is 0 Å². The molecule has 0 radical (unpaired) electrons. The Kier molecular flexibility index (Phi) is 4.02. The maximum atomic E-state index is 5.83. The molecule has 0 saturated carbocycles. The molecule has 0 saturated heterocycles. The van der Waals surface area contributed by atoms with Gasteiger partial charge in [0.25, 0.3) is 0 Å². The molecule has 6 heteroatoms. The largest absolute Gasteiger partial charge is 0.378 e. The summed E-state index contributed by atoms with van der Waals surface area (Å²) in [5.74, 6) is 0. The molecule has 0 bridgehead atoms. The van der Waals surface area contributed by atoms with Gasteiger partial charge in [-0.3, -0.25) is 0 Å². The van der Waals surface area contributed by atoms with Gasteiger partial charge in [-0.25, -0.2) is 9.97 Å². The third-order valence-corrected chi connectivity index (χ3v) is 3.54. The number of nitrogens with zero attached hydrogens (tertiary/aromatic N) is 3. The highest BCUT2D eigenvalue weighted by Gasteiger charge is 2.02. The van der Waals surface area contributed by atoms with Gasteiger partial charge < -0.3 is 9.88 Å². The first kappa shape index (κ1) is 12.4. The highest BCUT2D eigenvalue weighted by Crippen LogP contribution is 2.23. The summed E-state index contributed by atoms with van der Waals surface area (Å²) in [5, 5.41) is 3.74. The number of halogens is 2. The number of nitrogens with one attached hydrogen (secondary N) is 1. The van der Waals surface area contributed by atoms with E-state index in [0.717, 1.165) is 22.4 Å². The molecule has 0 unspecified atom stereocenters. The van der Waals surface area contributed by atoms with E-state index in [-0.39, 0.29) is 0 Å². The van der Waals surface area contributed by atoms with E-state index in [1.807, 2.05) is 18.6 Å². The predicted molar refractivity (Wildman–Crippen MR) is 72.2 cm³/mol. The number of pyridine rings is 1. The van der Waals surface area contributed by atoms with Crippen molar-refractivity contribution in [1.82, 2.24) is 14.5 Å². The first-order chi connectivity index (χ1) is 8.20. The van der Waals surface area contributed by atoms with Crippen LogP contribution in [0.4, 0.5) is 5.69 Å². The van der Waals surface area contributed by atoms with Gasteiger partial charge in [-0.15, -0.1) is 0 Å². The van der Waals surface area contributed by atoms with E-state index in [4.69, 9.17) is 11.6 Å². The Morgan fingerprint density at radius 1 is 1.47 bits per heavy atom. The lowest BCUT2D eigenvalue weighted by atomic mass is 10.4. The highest BCUT2D eigenvalue weighted by molar-refractivity contribution is 9.10. The molecule has 4 nitrogen and oxygen atoms in total. The fraction of sp³-hybridized carbons (Fsp3) is 0.273. The van der Waals surface area contributed by atoms with Gasteiger partial charge in [0.05, 0.1) is 34.9 Å². The molecule has 2 heterocycles. The van der Waals surface area contributed by atoms with Crippen molar-refractivity contribution >= 4 is 33.2 Å². The van der Waals surface area contributed by atoms with Crippen LogP contribution in [0, 0.1) is 0 Å². The van der Waals surface area contributed by atoms with Gasteiger partial charge in [0.2, 0.25) is 0 Å². The standard InChI is InChI=1S/C11H12BrClN4/c1-2-17-7-14-5-9(17)6-15-8-3-10(12)11(13)16-4-8/h3-5,7,15H,2,6H2,1H3. The zero-order valence-electron chi connectivity index (χ0n) is 9.32. The minimum atomic E-state index is 0.467. The molecule has 0 fully saturated rings. The highest BCUT2D eigenvalue weighted by atomic mass is 79.9. The van der Waals surface area contributed by atoms with Gasteiger partial charge in [-0.05, 0) is 28.9 Å². The average Bonchev–Trinajstić information content (AvgIpc) is 2.78. The second kappa shape index (κ2) is 5.51. The van der Waals surface area contributed by atoms with Crippen molar-refractivity contribution in [1.29, 1.82) is 0 Å². The van der Waals surface area contributed by atoms with Crippen LogP contribution in [0.5, 0.6) is 0 Å². The summed E-state index contributed by atoms with van der Waals surface area (Å²) in [4.78, 5) is 8.17. The van der Waals surface area contributed by atoms with Crippen molar-refractivity contribution in [2.24, 2.45) is 0 Å². The molecule has 0 aromatic carbocycles. The second-order valence-electron chi connectivity index (χ2n) is 3.52. The molecule has 0 spiro atoms. The lowest BCUT2D eigenvalue weighted by molar-refractivity contribution is 0.719. The van der Waals surface area contributed by atoms with Gasteiger partial charge in [0.15, 0.2) is 0 Å². The maximum Gasteiger partial charge on any atom is 0.143 e. The summed E-state index contributed by atoms with van der Waals surface area (Å²) >= 11 is 9.17. The van der Waals surface area contributed by atoms with Crippen molar-refractivity contribution in [3.8, 4) is 0 Å². The summed E-state index contributed by atoms with van der Waals surface area (Å²) in [6, 6.07) is 1.90. The zero-order valence-corrected chi connectivity index (χ0v) is 11.7. The number of hydrogen-bond acceptors (Lipinski definition) is 3. The fourth-order valence-electron chi connectivity index (χ4n) is 1.49. The van der Waals surface area contributed by atoms with Gasteiger partial charge in [-0.1, -0.05) is 11.6 Å². The van der Waals surface area contributed by atoms with Crippen LogP contribution in [-0.2, 0) is 13.1 Å². The van der Waals surface area contributed by atoms with Crippen molar-refractivity contribution in [3.63, 3.8) is 0 Å². The lowest BCUT2D eigenvalue weighted by Crippen LogP contribution is -2.06. The topological polar surface area (TPSA) is 42.7 Å². The van der Waals surface area contributed by atoms with E-state index in [2.05, 4.69) is 42.7 Å². The Hall–Kier alpha value is -1.07. The van der Waals surface area contributed by atoms with Crippen LogP contribution >= 0.6 is 27.5 Å². The summed E-state index contributed by atoms with van der Waals surface area (Å²) in [5.41, 5.74) is 2.06. The molecule has 0 aliphatic rings. The molecule has 90 valence electrons. The molecule has 1 N–H and O–H groups in total. The van der Waals surface area contributed by atoms with Crippen LogP contribution in [0.15, 0.2) is 29.3 Å². The number of anilines is 1. The number of aryl methyl sites for hydroxylation is 1. The summed E-state index contributed by atoms with van der Waals surface area (Å²) in [6.07, 6.45) is 5.39. The van der Waals surface area contributed by atoms with Crippen molar-refractivity contribution < 1.29 is 0 Å². The smallest absolute Gasteiger partial charge is 0.143 e. The van der Waals surface area contributed by atoms with Crippen LogP contribution in [0.3, 0.4) is 0 Å². The van der Waals surface area contributed by atoms with Crippen LogP contribution in [0.2, 0.25) is 5.15 Å². The summed E-state index contributed by atoms with van der Waals surface area (Å²) in [7, 11) is 0. The van der Waals surface area contributed by atoms with E-state index in [0.29, 0.717) is 11.7 Å². The summed E-state index contributed by atoms with van der Waals surface area (Å²) in [6.45, 7) is 3.72. The molecule has 0 amide bonds. The van der Waals surface area contributed by atoms with Crippen LogP contribution in [0.25, 0.3) is 0 Å². The van der Waals surface area contributed by atoms with Gasteiger partial charge in [0, 0.05) is 12.7 Å². The molecule has 0 aliphatic heterocycles. The van der Waals surface area contributed by atoms with E-state index in [1.54, 1.807) is 6.20 Å². The molecule has 17 heavy (non-hydrogen) atoms. The quantitative estimate of drug-likeness (QED) is 0.880. The number of hydrogen-bond donors (Lipinski definition) is 1. The minimum absolute atomic E-state index is 0.467. The van der Waals surface area contributed by atoms with Gasteiger partial charge in [-0.2, -0.15) is 0 Å². The van der Waals surface area contributed by atoms with Crippen molar-refractivity contribution in [2.45, 2.75) is 20.0 Å². The van der Waals surface area contributed by atoms with Crippen molar-refractivity contribution in [3.05, 3.63) is 40.1 Å². The number of rotatable bonds is 4.